The number of anilines is 2. The maximum absolute atomic E-state index is 12.8. The highest BCUT2D eigenvalue weighted by molar-refractivity contribution is 6.04. The molecule has 6 aromatic rings. The van der Waals surface area contributed by atoms with Gasteiger partial charge in [-0.2, -0.15) is 0 Å². The van der Waals surface area contributed by atoms with Crippen LogP contribution in [-0.4, -0.2) is 41.5 Å². The summed E-state index contributed by atoms with van der Waals surface area (Å²) in [7, 11) is 0. The van der Waals surface area contributed by atoms with E-state index in [1.54, 1.807) is 37.5 Å². The summed E-state index contributed by atoms with van der Waals surface area (Å²) in [5.41, 5.74) is 11.5. The second kappa shape index (κ2) is 10.3. The maximum atomic E-state index is 12.8. The molecule has 0 spiro atoms. The van der Waals surface area contributed by atoms with Crippen LogP contribution >= 0.6 is 0 Å². The van der Waals surface area contributed by atoms with E-state index in [0.29, 0.717) is 51.0 Å². The Morgan fingerprint density at radius 2 is 1.73 bits per heavy atom. The number of carbonyl (C=O) groups excluding carboxylic acids is 1. The van der Waals surface area contributed by atoms with Crippen LogP contribution in [0.4, 0.5) is 11.6 Å². The quantitative estimate of drug-likeness (QED) is 0.254. The van der Waals surface area contributed by atoms with Crippen molar-refractivity contribution in [2.24, 2.45) is 0 Å². The predicted molar refractivity (Wildman–Crippen MR) is 156 cm³/mol. The largest absolute Gasteiger partial charge is 0.478 e. The minimum atomic E-state index is -1.04. The van der Waals surface area contributed by atoms with Gasteiger partial charge in [-0.25, -0.2) is 24.7 Å². The third-order valence-corrected chi connectivity index (χ3v) is 6.62. The zero-order chi connectivity index (χ0) is 28.5. The van der Waals surface area contributed by atoms with E-state index in [1.165, 1.54) is 18.2 Å². The molecule has 0 atom stereocenters. The van der Waals surface area contributed by atoms with Gasteiger partial charge in [-0.1, -0.05) is 30.3 Å². The lowest BCUT2D eigenvalue weighted by Gasteiger charge is -2.11. The Labute approximate surface area is 234 Å². The van der Waals surface area contributed by atoms with Crippen molar-refractivity contribution in [1.29, 1.82) is 0 Å². The van der Waals surface area contributed by atoms with Crippen LogP contribution in [0.15, 0.2) is 97.3 Å². The molecule has 4 N–H and O–H groups in total. The van der Waals surface area contributed by atoms with Gasteiger partial charge >= 0.3 is 5.97 Å². The molecule has 2 aromatic carbocycles. The molecule has 41 heavy (non-hydrogen) atoms. The molecular weight excluding hydrogens is 518 g/mol. The first-order chi connectivity index (χ1) is 19.9. The van der Waals surface area contributed by atoms with E-state index in [1.807, 2.05) is 53.1 Å². The third kappa shape index (κ3) is 4.85. The van der Waals surface area contributed by atoms with Gasteiger partial charge in [-0.05, 0) is 67.1 Å². The van der Waals surface area contributed by atoms with E-state index in [2.05, 4.69) is 15.3 Å². The minimum Gasteiger partial charge on any atom is -0.478 e. The SMILES string of the molecule is Cc1cc(C(=O)Nc2ccc(-n3c(-c4cccnc4N)nc4ccc(-c5ccccc5)nc43)cn2)ccc1C(=O)O. The van der Waals surface area contributed by atoms with Crippen molar-refractivity contribution < 1.29 is 14.7 Å². The second-order valence-corrected chi connectivity index (χ2v) is 9.30. The molecule has 0 bridgehead atoms. The van der Waals surface area contributed by atoms with E-state index in [9.17, 15) is 14.7 Å². The van der Waals surface area contributed by atoms with E-state index < -0.39 is 11.9 Å². The summed E-state index contributed by atoms with van der Waals surface area (Å²) in [5.74, 6) is -0.249. The fraction of sp³-hybridized carbons (Fsp3) is 0.0323. The van der Waals surface area contributed by atoms with Crippen LogP contribution in [-0.2, 0) is 0 Å². The summed E-state index contributed by atoms with van der Waals surface area (Å²) in [5, 5.41) is 12.0. The molecule has 4 heterocycles. The number of nitrogen functional groups attached to an aromatic ring is 1. The number of nitrogens with zero attached hydrogens (tertiary/aromatic N) is 5. The third-order valence-electron chi connectivity index (χ3n) is 6.62. The number of hydrogen-bond donors (Lipinski definition) is 3. The smallest absolute Gasteiger partial charge is 0.335 e. The number of nitrogens with two attached hydrogens (primary N) is 1. The standard InChI is InChI=1S/C31H23N7O3/c1-18-16-20(9-11-22(18)31(40)41)30(39)37-26-14-10-21(17-34-26)38-28(23-8-5-15-33-27(23)32)36-25-13-12-24(35-29(25)38)19-6-3-2-4-7-19/h2-17H,1H3,(H2,32,33)(H,40,41)(H,34,37,39). The average molecular weight is 542 g/mol. The first-order valence-corrected chi connectivity index (χ1v) is 12.7. The Hall–Kier alpha value is -5.90. The van der Waals surface area contributed by atoms with Crippen LogP contribution in [0.3, 0.4) is 0 Å². The monoisotopic (exact) mass is 541 g/mol. The molecule has 0 aliphatic heterocycles. The zero-order valence-corrected chi connectivity index (χ0v) is 21.8. The Morgan fingerprint density at radius 3 is 2.44 bits per heavy atom. The van der Waals surface area contributed by atoms with Crippen molar-refractivity contribution >= 4 is 34.7 Å². The number of aromatic carboxylic acids is 1. The number of fused-ring (bicyclic) bond motifs is 1. The van der Waals surface area contributed by atoms with Crippen molar-refractivity contribution in [3.05, 3.63) is 114 Å². The van der Waals surface area contributed by atoms with Gasteiger partial charge in [0.25, 0.3) is 5.91 Å². The average Bonchev–Trinajstić information content (AvgIpc) is 3.36. The minimum absolute atomic E-state index is 0.144. The molecule has 10 nitrogen and oxygen atoms in total. The Kier molecular flexibility index (Phi) is 6.40. The summed E-state index contributed by atoms with van der Waals surface area (Å²) in [6.07, 6.45) is 3.23. The fourth-order valence-electron chi connectivity index (χ4n) is 4.58. The number of hydrogen-bond acceptors (Lipinski definition) is 7. The molecule has 0 saturated carbocycles. The normalized spacial score (nSPS) is 11.0. The van der Waals surface area contributed by atoms with Crippen LogP contribution < -0.4 is 11.1 Å². The summed E-state index contributed by atoms with van der Waals surface area (Å²) in [6.45, 7) is 1.65. The van der Waals surface area contributed by atoms with Gasteiger partial charge in [0.05, 0.1) is 28.7 Å². The van der Waals surface area contributed by atoms with Crippen LogP contribution in [0.5, 0.6) is 0 Å². The van der Waals surface area contributed by atoms with Crippen molar-refractivity contribution in [3.8, 4) is 28.3 Å². The molecule has 4 aromatic heterocycles. The molecule has 0 unspecified atom stereocenters. The molecule has 0 saturated heterocycles. The Balaban J connectivity index is 1.39. The van der Waals surface area contributed by atoms with Gasteiger partial charge in [0.2, 0.25) is 0 Å². The maximum Gasteiger partial charge on any atom is 0.335 e. The number of aryl methyl sites for hydroxylation is 1. The highest BCUT2D eigenvalue weighted by Gasteiger charge is 2.19. The molecular formula is C31H23N7O3. The lowest BCUT2D eigenvalue weighted by atomic mass is 10.0. The van der Waals surface area contributed by atoms with Crippen molar-refractivity contribution in [2.45, 2.75) is 6.92 Å². The molecule has 0 aliphatic carbocycles. The van der Waals surface area contributed by atoms with Gasteiger partial charge in [0.1, 0.15) is 17.2 Å². The zero-order valence-electron chi connectivity index (χ0n) is 21.8. The number of carbonyl (C=O) groups is 2. The van der Waals surface area contributed by atoms with Crippen LogP contribution in [0.1, 0.15) is 26.3 Å². The highest BCUT2D eigenvalue weighted by Crippen LogP contribution is 2.31. The molecule has 200 valence electrons. The van der Waals surface area contributed by atoms with Gasteiger partial charge in [-0.15, -0.1) is 0 Å². The fourth-order valence-corrected chi connectivity index (χ4v) is 4.58. The summed E-state index contributed by atoms with van der Waals surface area (Å²) in [4.78, 5) is 42.6. The molecule has 0 fully saturated rings. The predicted octanol–water partition coefficient (Wildman–Crippen LogP) is 5.39. The Bertz CT molecular complexity index is 1930. The van der Waals surface area contributed by atoms with Gasteiger partial charge in [0.15, 0.2) is 11.5 Å². The van der Waals surface area contributed by atoms with Gasteiger partial charge in [0, 0.05) is 17.3 Å². The summed E-state index contributed by atoms with van der Waals surface area (Å²) >= 11 is 0. The van der Waals surface area contributed by atoms with Crippen molar-refractivity contribution in [3.63, 3.8) is 0 Å². The number of aromatic nitrogens is 5. The summed E-state index contributed by atoms with van der Waals surface area (Å²) in [6, 6.07) is 25.2. The van der Waals surface area contributed by atoms with Crippen LogP contribution in [0.25, 0.3) is 39.5 Å². The lowest BCUT2D eigenvalue weighted by Crippen LogP contribution is -2.14. The number of carboxylic acids is 1. The highest BCUT2D eigenvalue weighted by atomic mass is 16.4. The first kappa shape index (κ1) is 25.4. The first-order valence-electron chi connectivity index (χ1n) is 12.7. The van der Waals surface area contributed by atoms with E-state index >= 15 is 0 Å². The lowest BCUT2D eigenvalue weighted by molar-refractivity contribution is 0.0695. The van der Waals surface area contributed by atoms with Crippen LogP contribution in [0.2, 0.25) is 0 Å². The molecule has 1 amide bonds. The number of imidazole rings is 1. The number of benzene rings is 2. The number of pyridine rings is 3. The molecule has 6 rings (SSSR count). The number of rotatable bonds is 6. The molecule has 0 radical (unpaired) electrons. The number of carboxylic acid groups (broad SMARTS) is 1. The van der Waals surface area contributed by atoms with Gasteiger partial charge in [-0.3, -0.25) is 9.36 Å². The van der Waals surface area contributed by atoms with E-state index in [4.69, 9.17) is 15.7 Å². The van der Waals surface area contributed by atoms with Crippen LogP contribution in [0, 0.1) is 6.92 Å². The van der Waals surface area contributed by atoms with E-state index in [-0.39, 0.29) is 5.56 Å². The Morgan fingerprint density at radius 1 is 0.902 bits per heavy atom. The second-order valence-electron chi connectivity index (χ2n) is 9.30. The van der Waals surface area contributed by atoms with E-state index in [0.717, 1.165) is 11.3 Å². The van der Waals surface area contributed by atoms with Crippen molar-refractivity contribution in [2.75, 3.05) is 11.1 Å². The number of amides is 1. The molecule has 10 heteroatoms. The van der Waals surface area contributed by atoms with Gasteiger partial charge < -0.3 is 16.2 Å². The topological polar surface area (TPSA) is 149 Å². The number of nitrogens with one attached hydrogen (secondary N) is 1. The summed E-state index contributed by atoms with van der Waals surface area (Å²) < 4.78 is 1.86. The van der Waals surface area contributed by atoms with Crippen molar-refractivity contribution in [1.82, 2.24) is 24.5 Å². The molecule has 0 aliphatic rings.